The third-order valence-electron chi connectivity index (χ3n) is 2.75. The monoisotopic (exact) mass is 230 g/mol. The van der Waals surface area contributed by atoms with Crippen molar-refractivity contribution in [1.29, 1.82) is 0 Å². The Morgan fingerprint density at radius 2 is 2.19 bits per heavy atom. The summed E-state index contributed by atoms with van der Waals surface area (Å²) in [6.07, 6.45) is 4.17. The Morgan fingerprint density at radius 3 is 2.88 bits per heavy atom. The van der Waals surface area contributed by atoms with Crippen LogP contribution >= 0.6 is 0 Å². The van der Waals surface area contributed by atoms with Gasteiger partial charge in [-0.2, -0.15) is 0 Å². The molecule has 0 aliphatic carbocycles. The van der Waals surface area contributed by atoms with Crippen molar-refractivity contribution in [2.45, 2.75) is 25.4 Å². The second kappa shape index (κ2) is 8.93. The van der Waals surface area contributed by atoms with E-state index in [4.69, 9.17) is 9.47 Å². The molecule has 1 aliphatic heterocycles. The highest BCUT2D eigenvalue weighted by Crippen LogP contribution is 2.11. The highest BCUT2D eigenvalue weighted by Gasteiger charge is 2.12. The summed E-state index contributed by atoms with van der Waals surface area (Å²) in [4.78, 5) is 2.13. The molecule has 1 aliphatic rings. The zero-order valence-corrected chi connectivity index (χ0v) is 10.7. The quantitative estimate of drug-likeness (QED) is 0.623. The second-order valence-corrected chi connectivity index (χ2v) is 4.61. The van der Waals surface area contributed by atoms with Crippen molar-refractivity contribution >= 4 is 0 Å². The van der Waals surface area contributed by atoms with E-state index in [0.717, 1.165) is 39.5 Å². The Bertz CT molecular complexity index is 159. The molecule has 1 atom stereocenters. The van der Waals surface area contributed by atoms with Crippen molar-refractivity contribution in [3.8, 4) is 0 Å². The molecular formula is C12H26N2O2. The maximum Gasteiger partial charge on any atom is 0.0699 e. The van der Waals surface area contributed by atoms with Crippen molar-refractivity contribution in [2.24, 2.45) is 0 Å². The van der Waals surface area contributed by atoms with Gasteiger partial charge in [0.2, 0.25) is 0 Å². The smallest absolute Gasteiger partial charge is 0.0699 e. The molecule has 1 heterocycles. The molecular weight excluding hydrogens is 204 g/mol. The average molecular weight is 230 g/mol. The van der Waals surface area contributed by atoms with Crippen molar-refractivity contribution in [3.63, 3.8) is 0 Å². The van der Waals surface area contributed by atoms with Crippen LogP contribution in [0.25, 0.3) is 0 Å². The fourth-order valence-corrected chi connectivity index (χ4v) is 1.72. The van der Waals surface area contributed by atoms with Crippen molar-refractivity contribution in [3.05, 3.63) is 0 Å². The van der Waals surface area contributed by atoms with E-state index in [2.05, 4.69) is 24.3 Å². The van der Waals surface area contributed by atoms with Gasteiger partial charge in [0, 0.05) is 26.2 Å². The summed E-state index contributed by atoms with van der Waals surface area (Å²) >= 11 is 0. The SMILES string of the molecule is CN(C)CCOCCNCC1CCCCO1. The Hall–Kier alpha value is -0.160. The average Bonchev–Trinajstić information content (AvgIpc) is 2.29. The van der Waals surface area contributed by atoms with Crippen LogP contribution < -0.4 is 5.32 Å². The lowest BCUT2D eigenvalue weighted by Gasteiger charge is -2.22. The lowest BCUT2D eigenvalue weighted by molar-refractivity contribution is 0.0156. The van der Waals surface area contributed by atoms with E-state index in [1.165, 1.54) is 19.3 Å². The minimum absolute atomic E-state index is 0.426. The summed E-state index contributed by atoms with van der Waals surface area (Å²) in [7, 11) is 4.12. The number of rotatable bonds is 8. The molecule has 16 heavy (non-hydrogen) atoms. The van der Waals surface area contributed by atoms with Gasteiger partial charge in [-0.3, -0.25) is 0 Å². The highest BCUT2D eigenvalue weighted by molar-refractivity contribution is 4.65. The molecule has 4 heteroatoms. The van der Waals surface area contributed by atoms with Crippen molar-refractivity contribution in [2.75, 3.05) is 53.6 Å². The minimum atomic E-state index is 0.426. The van der Waals surface area contributed by atoms with Crippen molar-refractivity contribution < 1.29 is 9.47 Å². The largest absolute Gasteiger partial charge is 0.379 e. The fourth-order valence-electron chi connectivity index (χ4n) is 1.72. The van der Waals surface area contributed by atoms with Gasteiger partial charge in [0.1, 0.15) is 0 Å². The Morgan fingerprint density at radius 1 is 1.31 bits per heavy atom. The van der Waals surface area contributed by atoms with Gasteiger partial charge < -0.3 is 19.7 Å². The fraction of sp³-hybridized carbons (Fsp3) is 1.00. The molecule has 0 spiro atoms. The number of hydrogen-bond acceptors (Lipinski definition) is 4. The molecule has 0 aromatic rings. The third kappa shape index (κ3) is 7.17. The van der Waals surface area contributed by atoms with E-state index in [9.17, 15) is 0 Å². The molecule has 0 aromatic carbocycles. The maximum atomic E-state index is 5.63. The third-order valence-corrected chi connectivity index (χ3v) is 2.75. The number of likely N-dealkylation sites (N-methyl/N-ethyl adjacent to an activating group) is 1. The molecule has 1 unspecified atom stereocenters. The van der Waals surface area contributed by atoms with Crippen LogP contribution in [-0.2, 0) is 9.47 Å². The molecule has 1 rings (SSSR count). The number of nitrogens with one attached hydrogen (secondary N) is 1. The summed E-state index contributed by atoms with van der Waals surface area (Å²) in [5, 5.41) is 3.38. The van der Waals surface area contributed by atoms with Gasteiger partial charge in [-0.25, -0.2) is 0 Å². The Kier molecular flexibility index (Phi) is 7.76. The van der Waals surface area contributed by atoms with E-state index in [1.807, 2.05) is 0 Å². The Balaban J connectivity index is 1.80. The van der Waals surface area contributed by atoms with E-state index in [1.54, 1.807) is 0 Å². The van der Waals surface area contributed by atoms with Crippen LogP contribution in [0.1, 0.15) is 19.3 Å². The minimum Gasteiger partial charge on any atom is -0.379 e. The molecule has 1 saturated heterocycles. The standard InChI is InChI=1S/C12H26N2O2/c1-14(2)7-10-15-9-6-13-11-12-5-3-4-8-16-12/h12-13H,3-11H2,1-2H3. The van der Waals surface area contributed by atoms with Gasteiger partial charge in [0.15, 0.2) is 0 Å². The van der Waals surface area contributed by atoms with Crippen LogP contribution in [0.2, 0.25) is 0 Å². The number of hydrogen-bond donors (Lipinski definition) is 1. The van der Waals surface area contributed by atoms with Gasteiger partial charge in [0.05, 0.1) is 19.3 Å². The maximum absolute atomic E-state index is 5.63. The number of nitrogens with zero attached hydrogens (tertiary/aromatic N) is 1. The van der Waals surface area contributed by atoms with Gasteiger partial charge in [0.25, 0.3) is 0 Å². The van der Waals surface area contributed by atoms with Crippen LogP contribution in [0.3, 0.4) is 0 Å². The van der Waals surface area contributed by atoms with Gasteiger partial charge in [-0.05, 0) is 33.4 Å². The summed E-state index contributed by atoms with van der Waals surface area (Å²) < 4.78 is 11.1. The van der Waals surface area contributed by atoms with Gasteiger partial charge in [-0.15, -0.1) is 0 Å². The van der Waals surface area contributed by atoms with E-state index in [-0.39, 0.29) is 0 Å². The molecule has 0 amide bonds. The predicted molar refractivity (Wildman–Crippen MR) is 65.8 cm³/mol. The normalized spacial score (nSPS) is 21.6. The molecule has 0 aromatic heterocycles. The van der Waals surface area contributed by atoms with Gasteiger partial charge in [-0.1, -0.05) is 0 Å². The van der Waals surface area contributed by atoms with Gasteiger partial charge >= 0.3 is 0 Å². The van der Waals surface area contributed by atoms with E-state index < -0.39 is 0 Å². The lowest BCUT2D eigenvalue weighted by atomic mass is 10.1. The zero-order valence-electron chi connectivity index (χ0n) is 10.7. The molecule has 1 fully saturated rings. The number of ether oxygens (including phenoxy) is 2. The molecule has 4 nitrogen and oxygen atoms in total. The molecule has 96 valence electrons. The predicted octanol–water partition coefficient (Wildman–Crippen LogP) is 0.723. The molecule has 1 N–H and O–H groups in total. The lowest BCUT2D eigenvalue weighted by Crippen LogP contribution is -2.33. The van der Waals surface area contributed by atoms with E-state index >= 15 is 0 Å². The summed E-state index contributed by atoms with van der Waals surface area (Å²) in [6.45, 7) is 5.43. The van der Waals surface area contributed by atoms with Crippen molar-refractivity contribution in [1.82, 2.24) is 10.2 Å². The van der Waals surface area contributed by atoms with Crippen LogP contribution in [0.4, 0.5) is 0 Å². The first-order valence-corrected chi connectivity index (χ1v) is 6.34. The van der Waals surface area contributed by atoms with Crippen LogP contribution in [0.5, 0.6) is 0 Å². The summed E-state index contributed by atoms with van der Waals surface area (Å²) in [6, 6.07) is 0. The molecule has 0 saturated carbocycles. The zero-order chi connectivity index (χ0) is 11.6. The van der Waals surface area contributed by atoms with E-state index in [0.29, 0.717) is 6.10 Å². The Labute approximate surface area is 99.3 Å². The van der Waals surface area contributed by atoms with Crippen LogP contribution in [0, 0.1) is 0 Å². The van der Waals surface area contributed by atoms with Crippen LogP contribution in [0.15, 0.2) is 0 Å². The highest BCUT2D eigenvalue weighted by atomic mass is 16.5. The molecule has 0 bridgehead atoms. The summed E-state index contributed by atoms with van der Waals surface area (Å²) in [5.41, 5.74) is 0. The van der Waals surface area contributed by atoms with Crippen LogP contribution in [-0.4, -0.2) is 64.6 Å². The first-order chi connectivity index (χ1) is 7.79. The molecule has 0 radical (unpaired) electrons. The first-order valence-electron chi connectivity index (χ1n) is 6.34. The summed E-state index contributed by atoms with van der Waals surface area (Å²) in [5.74, 6) is 0. The topological polar surface area (TPSA) is 33.7 Å². The second-order valence-electron chi connectivity index (χ2n) is 4.61. The first kappa shape index (κ1) is 13.9.